The number of hydrogen-bond donors (Lipinski definition) is 0. The van der Waals surface area contributed by atoms with E-state index in [1.165, 1.54) is 42.0 Å². The molecule has 0 spiro atoms. The molecule has 3 heterocycles. The molecule has 0 aliphatic carbocycles. The maximum atomic E-state index is 5.07. The quantitative estimate of drug-likeness (QED) is 0.185. The fourth-order valence-electron chi connectivity index (χ4n) is 7.17. The Bertz CT molecular complexity index is 2800. The Morgan fingerprint density at radius 2 is 0.960 bits per heavy atom. The topological polar surface area (TPSA) is 43.6 Å². The van der Waals surface area contributed by atoms with Crippen LogP contribution in [0.4, 0.5) is 0 Å². The first kappa shape index (κ1) is 28.6. The average Bonchev–Trinajstić information content (AvgIpc) is 3.74. The first-order valence-electron chi connectivity index (χ1n) is 16.7. The molecule has 3 aromatic heterocycles. The lowest BCUT2D eigenvalue weighted by Crippen LogP contribution is -2.02. The van der Waals surface area contributed by atoms with Crippen molar-refractivity contribution in [2.75, 3.05) is 0 Å². The highest BCUT2D eigenvalue weighted by atomic mass is 32.1. The van der Waals surface area contributed by atoms with E-state index in [-0.39, 0.29) is 0 Å². The smallest absolute Gasteiger partial charge is 0.164 e. The zero-order chi connectivity index (χ0) is 33.0. The van der Waals surface area contributed by atoms with Crippen molar-refractivity contribution in [2.45, 2.75) is 0 Å². The second kappa shape index (κ2) is 11.6. The Labute approximate surface area is 292 Å². The average molecular weight is 657 g/mol. The highest BCUT2D eigenvalue weighted by Gasteiger charge is 2.21. The predicted octanol–water partition coefficient (Wildman–Crippen LogP) is 12.0. The molecule has 0 bridgehead atoms. The molecule has 0 saturated carbocycles. The maximum Gasteiger partial charge on any atom is 0.164 e. The van der Waals surface area contributed by atoms with Crippen molar-refractivity contribution in [3.8, 4) is 51.0 Å². The van der Waals surface area contributed by atoms with Crippen molar-refractivity contribution in [3.63, 3.8) is 0 Å². The van der Waals surface area contributed by atoms with Crippen molar-refractivity contribution in [1.29, 1.82) is 0 Å². The van der Waals surface area contributed by atoms with Gasteiger partial charge in [-0.25, -0.2) is 15.0 Å². The summed E-state index contributed by atoms with van der Waals surface area (Å²) in [4.78, 5) is 15.1. The van der Waals surface area contributed by atoms with Crippen molar-refractivity contribution in [3.05, 3.63) is 170 Å². The zero-order valence-electron chi connectivity index (χ0n) is 26.9. The number of fused-ring (bicyclic) bond motifs is 7. The molecule has 0 N–H and O–H groups in total. The minimum absolute atomic E-state index is 0.634. The summed E-state index contributed by atoms with van der Waals surface area (Å²) in [5.41, 5.74) is 8.56. The van der Waals surface area contributed by atoms with E-state index in [9.17, 15) is 0 Å². The molecule has 10 rings (SSSR count). The van der Waals surface area contributed by atoms with Crippen molar-refractivity contribution in [2.24, 2.45) is 0 Å². The van der Waals surface area contributed by atoms with Gasteiger partial charge in [0.15, 0.2) is 17.5 Å². The SMILES string of the molecule is c1ccc(-c2nc(-c3ccccc3)nc(-c3ccc(-n4c5ccccc5c5ccc6sc7ccccc7c6c54)c(-c4ccccc4)c3)n2)cc1. The zero-order valence-corrected chi connectivity index (χ0v) is 27.7. The van der Waals surface area contributed by atoms with Gasteiger partial charge in [0, 0.05) is 53.2 Å². The van der Waals surface area contributed by atoms with Crippen LogP contribution in [0.2, 0.25) is 0 Å². The summed E-state index contributed by atoms with van der Waals surface area (Å²) in [5, 5.41) is 5.06. The summed E-state index contributed by atoms with van der Waals surface area (Å²) in [5.74, 6) is 1.93. The second-order valence-corrected chi connectivity index (χ2v) is 13.5. The third-order valence-corrected chi connectivity index (χ3v) is 10.6. The van der Waals surface area contributed by atoms with Crippen molar-refractivity contribution >= 4 is 53.3 Å². The summed E-state index contributed by atoms with van der Waals surface area (Å²) in [6.45, 7) is 0. The van der Waals surface area contributed by atoms with Crippen molar-refractivity contribution < 1.29 is 0 Å². The summed E-state index contributed by atoms with van der Waals surface area (Å²) in [6.07, 6.45) is 0. The lowest BCUT2D eigenvalue weighted by molar-refractivity contribution is 1.07. The monoisotopic (exact) mass is 656 g/mol. The standard InChI is InChI=1S/C45H28N4S/c1-4-14-29(15-5-1)36-28-32(45-47-43(30-16-6-2-7-17-30)46-44(48-45)31-18-8-3-9-19-31)24-26-38(36)49-37-22-12-10-20-33(37)34-25-27-40-41(42(34)49)35-21-11-13-23-39(35)50-40/h1-28H. The van der Waals surface area contributed by atoms with Crippen LogP contribution in [0, 0.1) is 0 Å². The van der Waals surface area contributed by atoms with Gasteiger partial charge >= 0.3 is 0 Å². The van der Waals surface area contributed by atoms with Crippen LogP contribution in [-0.4, -0.2) is 19.5 Å². The Balaban J connectivity index is 1.27. The molecular formula is C45H28N4S. The second-order valence-electron chi connectivity index (χ2n) is 12.4. The van der Waals surface area contributed by atoms with Crippen LogP contribution < -0.4 is 0 Å². The van der Waals surface area contributed by atoms with E-state index in [0.29, 0.717) is 17.5 Å². The third kappa shape index (κ3) is 4.63. The predicted molar refractivity (Wildman–Crippen MR) is 209 cm³/mol. The molecule has 0 saturated heterocycles. The lowest BCUT2D eigenvalue weighted by Gasteiger charge is -2.16. The highest BCUT2D eigenvalue weighted by Crippen LogP contribution is 2.44. The Morgan fingerprint density at radius 3 is 1.64 bits per heavy atom. The van der Waals surface area contributed by atoms with E-state index in [2.05, 4.69) is 114 Å². The molecule has 0 amide bonds. The Morgan fingerprint density at radius 1 is 0.400 bits per heavy atom. The van der Waals surface area contributed by atoms with Gasteiger partial charge in [0.25, 0.3) is 0 Å². The minimum Gasteiger partial charge on any atom is -0.308 e. The van der Waals surface area contributed by atoms with Crippen molar-refractivity contribution in [1.82, 2.24) is 19.5 Å². The number of benzene rings is 7. The Kier molecular flexibility index (Phi) is 6.64. The summed E-state index contributed by atoms with van der Waals surface area (Å²) in [7, 11) is 0. The summed E-state index contributed by atoms with van der Waals surface area (Å²) in [6, 6.07) is 59.7. The van der Waals surface area contributed by atoms with Gasteiger partial charge in [-0.3, -0.25) is 0 Å². The van der Waals surface area contributed by atoms with Crippen LogP contribution in [0.5, 0.6) is 0 Å². The molecule has 234 valence electrons. The fourth-order valence-corrected chi connectivity index (χ4v) is 8.28. The summed E-state index contributed by atoms with van der Waals surface area (Å²) >= 11 is 1.85. The normalized spacial score (nSPS) is 11.6. The minimum atomic E-state index is 0.634. The molecule has 0 fully saturated rings. The fraction of sp³-hybridized carbons (Fsp3) is 0. The first-order valence-corrected chi connectivity index (χ1v) is 17.5. The molecule has 0 atom stereocenters. The van der Waals surface area contributed by atoms with Crippen LogP contribution in [-0.2, 0) is 0 Å². The molecule has 0 unspecified atom stereocenters. The van der Waals surface area contributed by atoms with Crippen LogP contribution in [0.25, 0.3) is 93.0 Å². The van der Waals surface area contributed by atoms with Gasteiger partial charge in [-0.2, -0.15) is 0 Å². The third-order valence-electron chi connectivity index (χ3n) is 9.45. The number of aromatic nitrogens is 4. The Hall–Kier alpha value is -6.43. The van der Waals surface area contributed by atoms with Crippen LogP contribution in [0.1, 0.15) is 0 Å². The highest BCUT2D eigenvalue weighted by molar-refractivity contribution is 7.26. The van der Waals surface area contributed by atoms with E-state index in [4.69, 9.17) is 15.0 Å². The molecule has 50 heavy (non-hydrogen) atoms. The van der Waals surface area contributed by atoms with Gasteiger partial charge in [0.2, 0.25) is 0 Å². The van der Waals surface area contributed by atoms with E-state index in [0.717, 1.165) is 33.5 Å². The van der Waals surface area contributed by atoms with Gasteiger partial charge in [0.1, 0.15) is 0 Å². The number of nitrogens with zero attached hydrogens (tertiary/aromatic N) is 4. The molecule has 0 aliphatic heterocycles. The number of hydrogen-bond acceptors (Lipinski definition) is 4. The van der Waals surface area contributed by atoms with Gasteiger partial charge in [-0.1, -0.05) is 133 Å². The molecule has 5 heteroatoms. The lowest BCUT2D eigenvalue weighted by atomic mass is 9.99. The number of thiophene rings is 1. The van der Waals surface area contributed by atoms with E-state index in [1.54, 1.807) is 0 Å². The van der Waals surface area contributed by atoms with Crippen LogP contribution >= 0.6 is 11.3 Å². The number of para-hydroxylation sites is 1. The molecule has 4 nitrogen and oxygen atoms in total. The first-order chi connectivity index (χ1) is 24.8. The van der Waals surface area contributed by atoms with Gasteiger partial charge < -0.3 is 4.57 Å². The molecule has 0 radical (unpaired) electrons. The molecular weight excluding hydrogens is 629 g/mol. The number of rotatable bonds is 5. The molecule has 7 aromatic carbocycles. The summed E-state index contributed by atoms with van der Waals surface area (Å²) < 4.78 is 5.05. The van der Waals surface area contributed by atoms with Gasteiger partial charge in [-0.15, -0.1) is 11.3 Å². The van der Waals surface area contributed by atoms with E-state index < -0.39 is 0 Å². The molecule has 10 aromatic rings. The van der Waals surface area contributed by atoms with Gasteiger partial charge in [0.05, 0.1) is 16.7 Å². The van der Waals surface area contributed by atoms with E-state index >= 15 is 0 Å². The van der Waals surface area contributed by atoms with E-state index in [1.807, 2.05) is 72.0 Å². The van der Waals surface area contributed by atoms with Crippen LogP contribution in [0.3, 0.4) is 0 Å². The van der Waals surface area contributed by atoms with Crippen LogP contribution in [0.15, 0.2) is 170 Å². The van der Waals surface area contributed by atoms with Gasteiger partial charge in [-0.05, 0) is 42.0 Å². The molecule has 0 aliphatic rings. The maximum absolute atomic E-state index is 5.07. The largest absolute Gasteiger partial charge is 0.308 e.